The molecule has 1 amide bonds. The van der Waals surface area contributed by atoms with Crippen LogP contribution in [-0.2, 0) is 4.79 Å². The summed E-state index contributed by atoms with van der Waals surface area (Å²) >= 11 is 0. The molecule has 2 aromatic rings. The second-order valence-corrected chi connectivity index (χ2v) is 5.38. The van der Waals surface area contributed by atoms with Gasteiger partial charge in [0.1, 0.15) is 0 Å². The van der Waals surface area contributed by atoms with Crippen LogP contribution < -0.4 is 5.32 Å². The first-order valence-electron chi connectivity index (χ1n) is 7.12. The van der Waals surface area contributed by atoms with Gasteiger partial charge in [0.05, 0.1) is 11.6 Å². The maximum absolute atomic E-state index is 11.4. The van der Waals surface area contributed by atoms with Crippen LogP contribution in [0.4, 0.5) is 5.69 Å². The van der Waals surface area contributed by atoms with E-state index >= 15 is 0 Å². The number of nitrogens with one attached hydrogen (secondary N) is 1. The summed E-state index contributed by atoms with van der Waals surface area (Å²) in [7, 11) is 0. The lowest BCUT2D eigenvalue weighted by Gasteiger charge is -2.10. The zero-order valence-corrected chi connectivity index (χ0v) is 12.8. The second-order valence-electron chi connectivity index (χ2n) is 5.38. The highest BCUT2D eigenvalue weighted by atomic mass is 16.1. The van der Waals surface area contributed by atoms with E-state index in [4.69, 9.17) is 5.26 Å². The lowest BCUT2D eigenvalue weighted by atomic mass is 9.97. The molecule has 0 heterocycles. The summed E-state index contributed by atoms with van der Waals surface area (Å²) in [6.45, 7) is 7.72. The molecule has 0 unspecified atom stereocenters. The minimum absolute atomic E-state index is 0.295. The number of anilines is 1. The molecule has 0 aliphatic carbocycles. The van der Waals surface area contributed by atoms with E-state index < -0.39 is 0 Å². The van der Waals surface area contributed by atoms with Crippen LogP contribution in [0.15, 0.2) is 55.1 Å². The van der Waals surface area contributed by atoms with E-state index in [2.05, 4.69) is 43.9 Å². The van der Waals surface area contributed by atoms with E-state index in [9.17, 15) is 4.79 Å². The standard InChI is InChI=1S/C19H18N2O/c1-4-19(22)21-18-10-14(12-20)9-17(11-18)16-7-5-15(6-8-16)13(2)3/h4-11,13H,1H2,2-3H3,(H,21,22). The summed E-state index contributed by atoms with van der Waals surface area (Å²) in [4.78, 5) is 11.4. The number of amides is 1. The average molecular weight is 290 g/mol. The molecule has 110 valence electrons. The van der Waals surface area contributed by atoms with Gasteiger partial charge in [-0.15, -0.1) is 0 Å². The van der Waals surface area contributed by atoms with Crippen molar-refractivity contribution in [3.05, 3.63) is 66.2 Å². The third-order valence-corrected chi connectivity index (χ3v) is 3.43. The Kier molecular flexibility index (Phi) is 4.75. The van der Waals surface area contributed by atoms with Crippen molar-refractivity contribution in [3.63, 3.8) is 0 Å². The molecule has 0 aliphatic heterocycles. The van der Waals surface area contributed by atoms with Gasteiger partial charge in [-0.3, -0.25) is 4.79 Å². The van der Waals surface area contributed by atoms with Gasteiger partial charge in [0, 0.05) is 5.69 Å². The minimum Gasteiger partial charge on any atom is -0.322 e. The molecule has 0 fully saturated rings. The molecule has 2 rings (SSSR count). The Hall–Kier alpha value is -2.86. The summed E-state index contributed by atoms with van der Waals surface area (Å²) < 4.78 is 0. The number of hydrogen-bond donors (Lipinski definition) is 1. The van der Waals surface area contributed by atoms with Crippen LogP contribution in [0.1, 0.15) is 30.9 Å². The van der Waals surface area contributed by atoms with E-state index in [1.54, 1.807) is 6.07 Å². The fourth-order valence-corrected chi connectivity index (χ4v) is 2.18. The van der Waals surface area contributed by atoms with E-state index in [1.165, 1.54) is 11.6 Å². The van der Waals surface area contributed by atoms with Crippen LogP contribution in [0.3, 0.4) is 0 Å². The maximum atomic E-state index is 11.4. The van der Waals surface area contributed by atoms with E-state index in [0.717, 1.165) is 11.1 Å². The van der Waals surface area contributed by atoms with Crippen molar-refractivity contribution in [3.8, 4) is 17.2 Å². The first-order valence-corrected chi connectivity index (χ1v) is 7.12. The van der Waals surface area contributed by atoms with Gasteiger partial charge in [0.25, 0.3) is 0 Å². The number of benzene rings is 2. The normalized spacial score (nSPS) is 10.1. The largest absolute Gasteiger partial charge is 0.322 e. The molecule has 0 saturated heterocycles. The van der Waals surface area contributed by atoms with Crippen LogP contribution in [0.25, 0.3) is 11.1 Å². The Morgan fingerprint density at radius 2 is 1.86 bits per heavy atom. The van der Waals surface area contributed by atoms with Gasteiger partial charge in [-0.05, 0) is 46.9 Å². The van der Waals surface area contributed by atoms with E-state index in [-0.39, 0.29) is 5.91 Å². The number of carbonyl (C=O) groups is 1. The molecular formula is C19H18N2O. The second kappa shape index (κ2) is 6.73. The molecule has 3 heteroatoms. The van der Waals surface area contributed by atoms with Crippen LogP contribution in [0.5, 0.6) is 0 Å². The van der Waals surface area contributed by atoms with Crippen molar-refractivity contribution in [1.29, 1.82) is 5.26 Å². The fourth-order valence-electron chi connectivity index (χ4n) is 2.18. The van der Waals surface area contributed by atoms with Gasteiger partial charge in [0.15, 0.2) is 0 Å². The smallest absolute Gasteiger partial charge is 0.247 e. The summed E-state index contributed by atoms with van der Waals surface area (Å²) in [5.41, 5.74) is 4.27. The SMILES string of the molecule is C=CC(=O)Nc1cc(C#N)cc(-c2ccc(C(C)C)cc2)c1. The van der Waals surface area contributed by atoms with Crippen LogP contribution in [-0.4, -0.2) is 5.91 Å². The highest BCUT2D eigenvalue weighted by Gasteiger charge is 2.06. The molecule has 0 spiro atoms. The van der Waals surface area contributed by atoms with Gasteiger partial charge >= 0.3 is 0 Å². The lowest BCUT2D eigenvalue weighted by molar-refractivity contribution is -0.111. The minimum atomic E-state index is -0.295. The van der Waals surface area contributed by atoms with Gasteiger partial charge in [-0.2, -0.15) is 5.26 Å². The predicted octanol–water partition coefficient (Wildman–Crippen LogP) is 4.47. The van der Waals surface area contributed by atoms with Crippen LogP contribution >= 0.6 is 0 Å². The molecule has 0 radical (unpaired) electrons. The monoisotopic (exact) mass is 290 g/mol. The molecule has 0 bridgehead atoms. The summed E-state index contributed by atoms with van der Waals surface area (Å²) in [6, 6.07) is 15.7. The lowest BCUT2D eigenvalue weighted by Crippen LogP contribution is -2.07. The summed E-state index contributed by atoms with van der Waals surface area (Å²) in [5, 5.41) is 11.9. The first-order chi connectivity index (χ1) is 10.5. The Labute approximate surface area is 130 Å². The van der Waals surface area contributed by atoms with Crippen molar-refractivity contribution >= 4 is 11.6 Å². The number of nitriles is 1. The van der Waals surface area contributed by atoms with Gasteiger partial charge in [-0.25, -0.2) is 0 Å². The third kappa shape index (κ3) is 3.62. The first kappa shape index (κ1) is 15.5. The van der Waals surface area contributed by atoms with Crippen molar-refractivity contribution in [2.45, 2.75) is 19.8 Å². The van der Waals surface area contributed by atoms with Crippen LogP contribution in [0, 0.1) is 11.3 Å². The molecule has 22 heavy (non-hydrogen) atoms. The molecule has 0 aromatic heterocycles. The highest BCUT2D eigenvalue weighted by Crippen LogP contribution is 2.26. The zero-order chi connectivity index (χ0) is 16.1. The number of hydrogen-bond acceptors (Lipinski definition) is 2. The highest BCUT2D eigenvalue weighted by molar-refractivity contribution is 5.99. The topological polar surface area (TPSA) is 52.9 Å². The molecule has 0 atom stereocenters. The molecule has 0 saturated carbocycles. The predicted molar refractivity (Wildman–Crippen MR) is 89.5 cm³/mol. The Balaban J connectivity index is 2.41. The molecule has 3 nitrogen and oxygen atoms in total. The van der Waals surface area contributed by atoms with E-state index in [1.807, 2.05) is 24.3 Å². The maximum Gasteiger partial charge on any atom is 0.247 e. The zero-order valence-electron chi connectivity index (χ0n) is 12.8. The Bertz CT molecular complexity index is 737. The van der Waals surface area contributed by atoms with Crippen LogP contribution in [0.2, 0.25) is 0 Å². The van der Waals surface area contributed by atoms with Gasteiger partial charge in [-0.1, -0.05) is 44.7 Å². The summed E-state index contributed by atoms with van der Waals surface area (Å²) in [6.07, 6.45) is 1.20. The third-order valence-electron chi connectivity index (χ3n) is 3.43. The molecular weight excluding hydrogens is 272 g/mol. The van der Waals surface area contributed by atoms with Crippen molar-refractivity contribution in [2.75, 3.05) is 5.32 Å². The van der Waals surface area contributed by atoms with Gasteiger partial charge < -0.3 is 5.32 Å². The molecule has 0 aliphatic rings. The Morgan fingerprint density at radius 3 is 2.41 bits per heavy atom. The fraction of sp³-hybridized carbons (Fsp3) is 0.158. The quantitative estimate of drug-likeness (QED) is 0.844. The number of rotatable bonds is 4. The Morgan fingerprint density at radius 1 is 1.18 bits per heavy atom. The molecule has 1 N–H and O–H groups in total. The summed E-state index contributed by atoms with van der Waals surface area (Å²) in [5.74, 6) is 0.179. The van der Waals surface area contributed by atoms with E-state index in [0.29, 0.717) is 17.2 Å². The van der Waals surface area contributed by atoms with Crippen molar-refractivity contribution < 1.29 is 4.79 Å². The van der Waals surface area contributed by atoms with Gasteiger partial charge in [0.2, 0.25) is 5.91 Å². The number of nitrogens with zero attached hydrogens (tertiary/aromatic N) is 1. The molecule has 2 aromatic carbocycles. The average Bonchev–Trinajstić information content (AvgIpc) is 2.54. The van der Waals surface area contributed by atoms with Crippen molar-refractivity contribution in [2.24, 2.45) is 0 Å². The number of carbonyl (C=O) groups excluding carboxylic acids is 1. The van der Waals surface area contributed by atoms with Crippen molar-refractivity contribution in [1.82, 2.24) is 0 Å².